The number of hydrogen-bond acceptors (Lipinski definition) is 4. The van der Waals surface area contributed by atoms with Crippen molar-refractivity contribution in [3.05, 3.63) is 36.0 Å². The van der Waals surface area contributed by atoms with E-state index in [2.05, 4.69) is 15.0 Å². The van der Waals surface area contributed by atoms with Crippen LogP contribution < -0.4 is 0 Å². The number of benzene rings is 1. The Morgan fingerprint density at radius 3 is 2.65 bits per heavy atom. The third-order valence-corrected chi connectivity index (χ3v) is 3.63. The number of aromatic nitrogens is 2. The first-order valence-electron chi connectivity index (χ1n) is 7.12. The maximum Gasteiger partial charge on any atom is 0.227 e. The number of hydrogen-bond donors (Lipinski definition) is 0. The third-order valence-electron chi connectivity index (χ3n) is 3.63. The maximum atomic E-state index is 12.9. The molecule has 1 aliphatic rings. The van der Waals surface area contributed by atoms with Crippen LogP contribution in [0.5, 0.6) is 0 Å². The van der Waals surface area contributed by atoms with E-state index in [1.165, 1.54) is 38.1 Å². The smallest absolute Gasteiger partial charge is 0.227 e. The summed E-state index contributed by atoms with van der Waals surface area (Å²) >= 11 is 0. The van der Waals surface area contributed by atoms with Crippen LogP contribution in [-0.2, 0) is 6.42 Å². The lowest BCUT2D eigenvalue weighted by atomic mass is 10.2. The molecule has 0 spiro atoms. The summed E-state index contributed by atoms with van der Waals surface area (Å²) in [6.45, 7) is 3.52. The molecule has 20 heavy (non-hydrogen) atoms. The molecular formula is C15H18FN3O. The second-order valence-corrected chi connectivity index (χ2v) is 5.17. The van der Waals surface area contributed by atoms with Crippen LogP contribution in [0.1, 0.15) is 25.2 Å². The molecule has 0 saturated carbocycles. The Morgan fingerprint density at radius 2 is 1.90 bits per heavy atom. The van der Waals surface area contributed by atoms with Gasteiger partial charge < -0.3 is 9.42 Å². The first-order chi connectivity index (χ1) is 9.81. The van der Waals surface area contributed by atoms with Crippen molar-refractivity contribution in [3.8, 4) is 11.4 Å². The normalized spacial score (nSPS) is 15.8. The lowest BCUT2D eigenvalue weighted by molar-refractivity contribution is 0.319. The Hall–Kier alpha value is -1.75. The highest BCUT2D eigenvalue weighted by molar-refractivity contribution is 5.53. The van der Waals surface area contributed by atoms with E-state index in [0.717, 1.165) is 24.9 Å². The standard InChI is InChI=1S/C15H18FN3O/c16-13-7-5-12(6-8-13)15-17-14(20-18-15)4-3-11-19-9-1-2-10-19/h5-8H,1-4,9-11H2. The van der Waals surface area contributed by atoms with Gasteiger partial charge >= 0.3 is 0 Å². The van der Waals surface area contributed by atoms with Crippen LogP contribution in [0, 0.1) is 5.82 Å². The highest BCUT2D eigenvalue weighted by Gasteiger charge is 2.12. The van der Waals surface area contributed by atoms with Crippen LogP contribution in [-0.4, -0.2) is 34.7 Å². The van der Waals surface area contributed by atoms with Crippen LogP contribution in [0.25, 0.3) is 11.4 Å². The van der Waals surface area contributed by atoms with Crippen molar-refractivity contribution in [1.82, 2.24) is 15.0 Å². The van der Waals surface area contributed by atoms with Crippen molar-refractivity contribution in [2.24, 2.45) is 0 Å². The van der Waals surface area contributed by atoms with Crippen molar-refractivity contribution < 1.29 is 8.91 Å². The SMILES string of the molecule is Fc1ccc(-c2noc(CCCN3CCCC3)n2)cc1. The summed E-state index contributed by atoms with van der Waals surface area (Å²) in [5.41, 5.74) is 0.779. The van der Waals surface area contributed by atoms with Gasteiger partial charge in [0.1, 0.15) is 5.82 Å². The van der Waals surface area contributed by atoms with Crippen molar-refractivity contribution in [3.63, 3.8) is 0 Å². The number of halogens is 1. The van der Waals surface area contributed by atoms with Crippen LogP contribution in [0.4, 0.5) is 4.39 Å². The van der Waals surface area contributed by atoms with Crippen molar-refractivity contribution in [1.29, 1.82) is 0 Å². The average molecular weight is 275 g/mol. The molecule has 1 aromatic carbocycles. The number of aryl methyl sites for hydroxylation is 1. The molecule has 0 radical (unpaired) electrons. The summed E-state index contributed by atoms with van der Waals surface area (Å²) in [5.74, 6) is 0.924. The highest BCUT2D eigenvalue weighted by atomic mass is 19.1. The lowest BCUT2D eigenvalue weighted by Gasteiger charge is -2.12. The summed E-state index contributed by atoms with van der Waals surface area (Å²) in [4.78, 5) is 6.83. The fourth-order valence-corrected chi connectivity index (χ4v) is 2.53. The first-order valence-corrected chi connectivity index (χ1v) is 7.12. The molecule has 1 aromatic heterocycles. The molecule has 2 heterocycles. The number of rotatable bonds is 5. The molecular weight excluding hydrogens is 257 g/mol. The maximum absolute atomic E-state index is 12.9. The van der Waals surface area contributed by atoms with Gasteiger partial charge in [-0.1, -0.05) is 5.16 Å². The van der Waals surface area contributed by atoms with Crippen LogP contribution >= 0.6 is 0 Å². The molecule has 0 amide bonds. The molecule has 0 N–H and O–H groups in total. The molecule has 5 heteroatoms. The van der Waals surface area contributed by atoms with Crippen LogP contribution in [0.3, 0.4) is 0 Å². The van der Waals surface area contributed by atoms with E-state index in [1.54, 1.807) is 12.1 Å². The van der Waals surface area contributed by atoms with Crippen LogP contribution in [0.2, 0.25) is 0 Å². The summed E-state index contributed by atoms with van der Waals surface area (Å²) < 4.78 is 18.1. The summed E-state index contributed by atoms with van der Waals surface area (Å²) in [5, 5.41) is 3.94. The molecule has 1 fully saturated rings. The van der Waals surface area contributed by atoms with Gasteiger partial charge in [0.25, 0.3) is 0 Å². The van der Waals surface area contributed by atoms with Gasteiger partial charge in [0, 0.05) is 12.0 Å². The van der Waals surface area contributed by atoms with Crippen molar-refractivity contribution in [2.75, 3.05) is 19.6 Å². The first kappa shape index (κ1) is 13.2. The highest BCUT2D eigenvalue weighted by Crippen LogP contribution is 2.17. The van der Waals surface area contributed by atoms with Gasteiger partial charge in [0.2, 0.25) is 11.7 Å². The molecule has 1 aliphatic heterocycles. The minimum absolute atomic E-state index is 0.261. The van der Waals surface area contributed by atoms with Gasteiger partial charge in [-0.25, -0.2) is 4.39 Å². The number of nitrogens with zero attached hydrogens (tertiary/aromatic N) is 3. The average Bonchev–Trinajstić information content (AvgIpc) is 3.11. The monoisotopic (exact) mass is 275 g/mol. The predicted octanol–water partition coefficient (Wildman–Crippen LogP) is 2.90. The van der Waals surface area contributed by atoms with Crippen molar-refractivity contribution in [2.45, 2.75) is 25.7 Å². The second kappa shape index (κ2) is 6.13. The Labute approximate surface area is 117 Å². The Kier molecular flexibility index (Phi) is 4.06. The Balaban J connectivity index is 1.55. The molecule has 0 aliphatic carbocycles. The molecule has 3 rings (SSSR count). The zero-order valence-corrected chi connectivity index (χ0v) is 11.4. The molecule has 0 unspecified atom stereocenters. The summed E-state index contributed by atoms with van der Waals surface area (Å²) in [6, 6.07) is 6.12. The molecule has 4 nitrogen and oxygen atoms in total. The number of likely N-dealkylation sites (tertiary alicyclic amines) is 1. The fourth-order valence-electron chi connectivity index (χ4n) is 2.53. The zero-order valence-electron chi connectivity index (χ0n) is 11.4. The van der Waals surface area contributed by atoms with Gasteiger partial charge in [-0.2, -0.15) is 4.98 Å². The van der Waals surface area contributed by atoms with E-state index < -0.39 is 0 Å². The third kappa shape index (κ3) is 3.22. The lowest BCUT2D eigenvalue weighted by Crippen LogP contribution is -2.20. The molecule has 2 aromatic rings. The van der Waals surface area contributed by atoms with Crippen molar-refractivity contribution >= 4 is 0 Å². The summed E-state index contributed by atoms with van der Waals surface area (Å²) in [6.07, 6.45) is 4.46. The van der Waals surface area contributed by atoms with E-state index in [0.29, 0.717) is 11.7 Å². The molecule has 0 bridgehead atoms. The minimum Gasteiger partial charge on any atom is -0.339 e. The Bertz CT molecular complexity index is 547. The van der Waals surface area contributed by atoms with Gasteiger partial charge in [0.05, 0.1) is 0 Å². The van der Waals surface area contributed by atoms with Gasteiger partial charge in [-0.15, -0.1) is 0 Å². The van der Waals surface area contributed by atoms with Gasteiger partial charge in [0.15, 0.2) is 0 Å². The van der Waals surface area contributed by atoms with E-state index in [-0.39, 0.29) is 5.82 Å². The van der Waals surface area contributed by atoms with E-state index >= 15 is 0 Å². The predicted molar refractivity (Wildman–Crippen MR) is 73.7 cm³/mol. The van der Waals surface area contributed by atoms with E-state index in [1.807, 2.05) is 0 Å². The topological polar surface area (TPSA) is 42.2 Å². The van der Waals surface area contributed by atoms with Gasteiger partial charge in [-0.3, -0.25) is 0 Å². The van der Waals surface area contributed by atoms with E-state index in [9.17, 15) is 4.39 Å². The molecule has 0 atom stereocenters. The van der Waals surface area contributed by atoms with Gasteiger partial charge in [-0.05, 0) is 63.2 Å². The summed E-state index contributed by atoms with van der Waals surface area (Å²) in [7, 11) is 0. The quantitative estimate of drug-likeness (QED) is 0.841. The largest absolute Gasteiger partial charge is 0.339 e. The Morgan fingerprint density at radius 1 is 1.15 bits per heavy atom. The molecule has 106 valence electrons. The molecule has 1 saturated heterocycles. The zero-order chi connectivity index (χ0) is 13.8. The van der Waals surface area contributed by atoms with Crippen LogP contribution in [0.15, 0.2) is 28.8 Å². The minimum atomic E-state index is -0.261. The second-order valence-electron chi connectivity index (χ2n) is 5.17. The van der Waals surface area contributed by atoms with E-state index in [4.69, 9.17) is 4.52 Å². The fraction of sp³-hybridized carbons (Fsp3) is 0.467.